The summed E-state index contributed by atoms with van der Waals surface area (Å²) in [7, 11) is 0. The van der Waals surface area contributed by atoms with Crippen LogP contribution in [0.4, 0.5) is 0 Å². The highest BCUT2D eigenvalue weighted by atomic mass is 15.2. The quantitative estimate of drug-likeness (QED) is 0.654. The van der Waals surface area contributed by atoms with Crippen LogP contribution in [-0.4, -0.2) is 10.2 Å². The number of nitrogens with two attached hydrogens (primary N) is 1. The Kier molecular flexibility index (Phi) is 5.04. The molecule has 1 aromatic heterocycles. The Morgan fingerprint density at radius 3 is 2.33 bits per heavy atom. The van der Waals surface area contributed by atoms with Crippen molar-refractivity contribution >= 4 is 0 Å². The standard InChI is InChI=1S/C17H24N4/c1-11(2)15-7-5-14(6-8-15)10-17(19-18)16-9-12(3)20-21-13(16)4/h5-9,11,17,19H,10,18H2,1-4H3. The molecule has 0 fully saturated rings. The minimum absolute atomic E-state index is 0.0455. The molecule has 21 heavy (non-hydrogen) atoms. The van der Waals surface area contributed by atoms with Crippen molar-refractivity contribution in [3.63, 3.8) is 0 Å². The minimum Gasteiger partial charge on any atom is -0.271 e. The van der Waals surface area contributed by atoms with Crippen LogP contribution in [0.1, 0.15) is 53.9 Å². The zero-order chi connectivity index (χ0) is 15.4. The summed E-state index contributed by atoms with van der Waals surface area (Å²) in [6.07, 6.45) is 0.834. The number of benzene rings is 1. The zero-order valence-corrected chi connectivity index (χ0v) is 13.2. The van der Waals surface area contributed by atoms with E-state index in [1.807, 2.05) is 13.8 Å². The summed E-state index contributed by atoms with van der Waals surface area (Å²) >= 11 is 0. The smallest absolute Gasteiger partial charge is 0.0648 e. The minimum atomic E-state index is 0.0455. The second-order valence-corrected chi connectivity index (χ2v) is 5.85. The van der Waals surface area contributed by atoms with Gasteiger partial charge < -0.3 is 0 Å². The number of hydrogen-bond acceptors (Lipinski definition) is 4. The summed E-state index contributed by atoms with van der Waals surface area (Å²) < 4.78 is 0. The van der Waals surface area contributed by atoms with Crippen molar-refractivity contribution in [1.29, 1.82) is 0 Å². The molecule has 4 nitrogen and oxygen atoms in total. The maximum atomic E-state index is 5.75. The van der Waals surface area contributed by atoms with Gasteiger partial charge in [0.1, 0.15) is 0 Å². The summed E-state index contributed by atoms with van der Waals surface area (Å²) in [4.78, 5) is 0. The molecular weight excluding hydrogens is 260 g/mol. The van der Waals surface area contributed by atoms with Crippen molar-refractivity contribution in [1.82, 2.24) is 15.6 Å². The highest BCUT2D eigenvalue weighted by Crippen LogP contribution is 2.22. The van der Waals surface area contributed by atoms with Crippen molar-refractivity contribution < 1.29 is 0 Å². The number of hydrogen-bond donors (Lipinski definition) is 2. The lowest BCUT2D eigenvalue weighted by Crippen LogP contribution is -2.30. The Balaban J connectivity index is 2.20. The number of aromatic nitrogens is 2. The van der Waals surface area contributed by atoms with Crippen LogP contribution in [0.5, 0.6) is 0 Å². The van der Waals surface area contributed by atoms with E-state index in [2.05, 4.69) is 59.8 Å². The van der Waals surface area contributed by atoms with E-state index in [9.17, 15) is 0 Å². The Labute approximate surface area is 126 Å². The molecule has 1 atom stereocenters. The number of hydrazine groups is 1. The molecule has 0 aliphatic rings. The van der Waals surface area contributed by atoms with Crippen LogP contribution in [0.25, 0.3) is 0 Å². The van der Waals surface area contributed by atoms with Gasteiger partial charge in [0.05, 0.1) is 17.4 Å². The molecule has 2 rings (SSSR count). The van der Waals surface area contributed by atoms with E-state index in [4.69, 9.17) is 5.84 Å². The van der Waals surface area contributed by atoms with E-state index in [1.54, 1.807) is 0 Å². The van der Waals surface area contributed by atoms with Crippen LogP contribution in [0.15, 0.2) is 30.3 Å². The predicted molar refractivity (Wildman–Crippen MR) is 85.8 cm³/mol. The molecule has 0 radical (unpaired) electrons. The molecule has 0 saturated carbocycles. The number of nitrogens with zero attached hydrogens (tertiary/aromatic N) is 2. The van der Waals surface area contributed by atoms with Crippen LogP contribution < -0.4 is 11.3 Å². The third-order valence-corrected chi connectivity index (χ3v) is 3.80. The molecule has 0 spiro atoms. The van der Waals surface area contributed by atoms with Crippen LogP contribution >= 0.6 is 0 Å². The summed E-state index contributed by atoms with van der Waals surface area (Å²) in [5, 5.41) is 8.26. The van der Waals surface area contributed by atoms with Gasteiger partial charge in [-0.2, -0.15) is 10.2 Å². The van der Waals surface area contributed by atoms with Crippen molar-refractivity contribution in [3.05, 3.63) is 58.4 Å². The molecule has 1 heterocycles. The first kappa shape index (κ1) is 15.6. The van der Waals surface area contributed by atoms with Gasteiger partial charge >= 0.3 is 0 Å². The van der Waals surface area contributed by atoms with E-state index in [0.717, 1.165) is 23.4 Å². The lowest BCUT2D eigenvalue weighted by Gasteiger charge is -2.18. The number of aryl methyl sites for hydroxylation is 2. The Morgan fingerprint density at radius 2 is 1.76 bits per heavy atom. The average molecular weight is 284 g/mol. The SMILES string of the molecule is Cc1cc(C(Cc2ccc(C(C)C)cc2)NN)c(C)nn1. The van der Waals surface area contributed by atoms with Gasteiger partial charge in [0, 0.05) is 0 Å². The van der Waals surface area contributed by atoms with Crippen LogP contribution in [0, 0.1) is 13.8 Å². The predicted octanol–water partition coefficient (Wildman–Crippen LogP) is 2.96. The van der Waals surface area contributed by atoms with E-state index >= 15 is 0 Å². The monoisotopic (exact) mass is 284 g/mol. The molecule has 1 aromatic carbocycles. The largest absolute Gasteiger partial charge is 0.271 e. The maximum Gasteiger partial charge on any atom is 0.0648 e. The molecule has 2 aromatic rings. The molecule has 0 bridgehead atoms. The lowest BCUT2D eigenvalue weighted by atomic mass is 9.96. The molecular formula is C17H24N4. The fraction of sp³-hybridized carbons (Fsp3) is 0.412. The number of rotatable bonds is 5. The molecule has 0 aliphatic carbocycles. The molecule has 0 aliphatic heterocycles. The van der Waals surface area contributed by atoms with Gasteiger partial charge in [-0.25, -0.2) is 0 Å². The topological polar surface area (TPSA) is 63.8 Å². The van der Waals surface area contributed by atoms with Gasteiger partial charge in [0.15, 0.2) is 0 Å². The second kappa shape index (κ2) is 6.78. The second-order valence-electron chi connectivity index (χ2n) is 5.85. The average Bonchev–Trinajstić information content (AvgIpc) is 2.48. The number of nitrogens with one attached hydrogen (secondary N) is 1. The van der Waals surface area contributed by atoms with Gasteiger partial charge in [-0.15, -0.1) is 0 Å². The van der Waals surface area contributed by atoms with Crippen LogP contribution in [-0.2, 0) is 6.42 Å². The van der Waals surface area contributed by atoms with Gasteiger partial charge in [0.2, 0.25) is 0 Å². The van der Waals surface area contributed by atoms with Gasteiger partial charge in [-0.1, -0.05) is 38.1 Å². The summed E-state index contributed by atoms with van der Waals surface area (Å²) in [6.45, 7) is 8.32. The summed E-state index contributed by atoms with van der Waals surface area (Å²) in [5.74, 6) is 6.30. The Hall–Kier alpha value is -1.78. The zero-order valence-electron chi connectivity index (χ0n) is 13.2. The third kappa shape index (κ3) is 3.86. The van der Waals surface area contributed by atoms with E-state index in [1.165, 1.54) is 11.1 Å². The van der Waals surface area contributed by atoms with Gasteiger partial charge in [0.25, 0.3) is 0 Å². The Bertz CT molecular complexity index is 590. The lowest BCUT2D eigenvalue weighted by molar-refractivity contribution is 0.544. The fourth-order valence-electron chi connectivity index (χ4n) is 2.46. The Morgan fingerprint density at radius 1 is 1.10 bits per heavy atom. The summed E-state index contributed by atoms with van der Waals surface area (Å²) in [6, 6.07) is 10.8. The molecule has 0 saturated heterocycles. The molecule has 0 amide bonds. The van der Waals surface area contributed by atoms with E-state index < -0.39 is 0 Å². The molecule has 4 heteroatoms. The van der Waals surface area contributed by atoms with Crippen molar-refractivity contribution in [2.24, 2.45) is 5.84 Å². The first-order valence-corrected chi connectivity index (χ1v) is 7.37. The maximum absolute atomic E-state index is 5.75. The van der Waals surface area contributed by atoms with Crippen LogP contribution in [0.2, 0.25) is 0 Å². The van der Waals surface area contributed by atoms with E-state index in [-0.39, 0.29) is 6.04 Å². The van der Waals surface area contributed by atoms with E-state index in [0.29, 0.717) is 5.92 Å². The molecule has 112 valence electrons. The van der Waals surface area contributed by atoms with Crippen LogP contribution in [0.3, 0.4) is 0 Å². The van der Waals surface area contributed by atoms with Crippen molar-refractivity contribution in [2.45, 2.75) is 46.1 Å². The highest BCUT2D eigenvalue weighted by Gasteiger charge is 2.15. The molecule has 3 N–H and O–H groups in total. The van der Waals surface area contributed by atoms with Gasteiger partial charge in [-0.05, 0) is 48.9 Å². The van der Waals surface area contributed by atoms with Gasteiger partial charge in [-0.3, -0.25) is 11.3 Å². The first-order chi connectivity index (χ1) is 10.0. The normalized spacial score (nSPS) is 12.7. The highest BCUT2D eigenvalue weighted by molar-refractivity contribution is 5.29. The molecule has 1 unspecified atom stereocenters. The first-order valence-electron chi connectivity index (χ1n) is 7.37. The fourth-order valence-corrected chi connectivity index (χ4v) is 2.46. The van der Waals surface area contributed by atoms with Crippen molar-refractivity contribution in [2.75, 3.05) is 0 Å². The summed E-state index contributed by atoms with van der Waals surface area (Å²) in [5.41, 5.74) is 8.46. The third-order valence-electron chi connectivity index (χ3n) is 3.80. The van der Waals surface area contributed by atoms with Crippen molar-refractivity contribution in [3.8, 4) is 0 Å².